The minimum atomic E-state index is -0.992. The van der Waals surface area contributed by atoms with E-state index in [0.29, 0.717) is 6.61 Å². The molecule has 0 spiro atoms. The fourth-order valence-electron chi connectivity index (χ4n) is 2.07. The van der Waals surface area contributed by atoms with Crippen molar-refractivity contribution >= 4 is 22.8 Å². The molecular formula is C15H17NO4. The Hall–Kier alpha value is -2.30. The molecule has 0 fully saturated rings. The predicted molar refractivity (Wildman–Crippen MR) is 74.8 cm³/mol. The third-order valence-corrected chi connectivity index (χ3v) is 3.04. The zero-order chi connectivity index (χ0) is 14.5. The molecule has 0 atom stereocenters. The summed E-state index contributed by atoms with van der Waals surface area (Å²) in [5.41, 5.74) is 1.00. The summed E-state index contributed by atoms with van der Waals surface area (Å²) in [6.07, 6.45) is 1.73. The number of para-hydroxylation sites is 1. The Balaban J connectivity index is 2.35. The lowest BCUT2D eigenvalue weighted by Gasteiger charge is -2.08. The number of benzene rings is 1. The quantitative estimate of drug-likeness (QED) is 0.650. The van der Waals surface area contributed by atoms with Crippen LogP contribution in [0.4, 0.5) is 0 Å². The van der Waals surface area contributed by atoms with Gasteiger partial charge in [-0.05, 0) is 18.6 Å². The lowest BCUT2D eigenvalue weighted by molar-refractivity contribution is -0.137. The summed E-state index contributed by atoms with van der Waals surface area (Å²) in [7, 11) is 0. The van der Waals surface area contributed by atoms with Crippen molar-refractivity contribution in [2.45, 2.75) is 26.3 Å². The molecule has 0 saturated heterocycles. The maximum absolute atomic E-state index is 12.1. The van der Waals surface area contributed by atoms with Crippen LogP contribution in [0.1, 0.15) is 30.3 Å². The van der Waals surface area contributed by atoms with Gasteiger partial charge < -0.3 is 14.4 Å². The zero-order valence-electron chi connectivity index (χ0n) is 11.3. The summed E-state index contributed by atoms with van der Waals surface area (Å²) < 4.78 is 6.65. The number of hydrogen-bond acceptors (Lipinski definition) is 3. The topological polar surface area (TPSA) is 68.5 Å². The van der Waals surface area contributed by atoms with Crippen molar-refractivity contribution in [3.63, 3.8) is 0 Å². The molecule has 1 N–H and O–H groups in total. The molecule has 0 aliphatic carbocycles. The van der Waals surface area contributed by atoms with Crippen molar-refractivity contribution in [1.82, 2.24) is 4.57 Å². The van der Waals surface area contributed by atoms with Gasteiger partial charge in [0.2, 0.25) is 0 Å². The summed E-state index contributed by atoms with van der Waals surface area (Å²) in [5, 5.41) is 9.82. The van der Waals surface area contributed by atoms with Gasteiger partial charge >= 0.3 is 11.9 Å². The number of esters is 1. The van der Waals surface area contributed by atoms with E-state index in [2.05, 4.69) is 0 Å². The number of ether oxygens (including phenoxy) is 1. The summed E-state index contributed by atoms with van der Waals surface area (Å²) in [5.74, 6) is -1.47. The molecule has 1 aromatic heterocycles. The highest BCUT2D eigenvalue weighted by Gasteiger charge is 2.18. The van der Waals surface area contributed by atoms with Crippen LogP contribution in [-0.4, -0.2) is 28.2 Å². The van der Waals surface area contributed by atoms with Crippen LogP contribution in [0.25, 0.3) is 10.9 Å². The second-order valence-corrected chi connectivity index (χ2v) is 4.56. The molecule has 5 nitrogen and oxygen atoms in total. The van der Waals surface area contributed by atoms with E-state index in [4.69, 9.17) is 9.84 Å². The van der Waals surface area contributed by atoms with E-state index in [0.717, 1.165) is 23.7 Å². The van der Waals surface area contributed by atoms with Gasteiger partial charge in [0.05, 0.1) is 6.61 Å². The summed E-state index contributed by atoms with van der Waals surface area (Å²) in [6, 6.07) is 8.97. The van der Waals surface area contributed by atoms with Crippen molar-refractivity contribution in [1.29, 1.82) is 0 Å². The maximum atomic E-state index is 12.1. The van der Waals surface area contributed by atoms with E-state index < -0.39 is 11.9 Å². The van der Waals surface area contributed by atoms with Gasteiger partial charge in [-0.3, -0.25) is 4.79 Å². The number of aromatic nitrogens is 1. The Morgan fingerprint density at radius 1 is 1.30 bits per heavy atom. The number of carboxylic acids is 1. The molecule has 0 bridgehead atoms. The molecule has 106 valence electrons. The number of aliphatic carboxylic acids is 1. The molecule has 0 aliphatic rings. The normalized spacial score (nSPS) is 10.7. The largest absolute Gasteiger partial charge is 0.480 e. The SMILES string of the molecule is CCCCOC(=O)c1cc2ccccc2n1CC(=O)O. The molecule has 1 aromatic carbocycles. The van der Waals surface area contributed by atoms with Gasteiger partial charge in [-0.25, -0.2) is 4.79 Å². The molecule has 20 heavy (non-hydrogen) atoms. The highest BCUT2D eigenvalue weighted by atomic mass is 16.5. The highest BCUT2D eigenvalue weighted by Crippen LogP contribution is 2.20. The number of unbranched alkanes of at least 4 members (excludes halogenated alkanes) is 1. The van der Waals surface area contributed by atoms with Crippen LogP contribution in [-0.2, 0) is 16.1 Å². The number of carbonyl (C=O) groups excluding carboxylic acids is 1. The van der Waals surface area contributed by atoms with E-state index in [-0.39, 0.29) is 12.2 Å². The van der Waals surface area contributed by atoms with Crippen molar-refractivity contribution in [3.8, 4) is 0 Å². The van der Waals surface area contributed by atoms with Gasteiger partial charge in [-0.15, -0.1) is 0 Å². The monoisotopic (exact) mass is 275 g/mol. The van der Waals surface area contributed by atoms with Crippen LogP contribution < -0.4 is 0 Å². The molecule has 0 radical (unpaired) electrons. The standard InChI is InChI=1S/C15H17NO4/c1-2-3-8-20-15(19)13-9-11-6-4-5-7-12(11)16(13)10-14(17)18/h4-7,9H,2-3,8,10H2,1H3,(H,17,18). The van der Waals surface area contributed by atoms with Gasteiger partial charge in [-0.2, -0.15) is 0 Å². The number of carboxylic acid groups (broad SMARTS) is 1. The average molecular weight is 275 g/mol. The van der Waals surface area contributed by atoms with E-state index >= 15 is 0 Å². The minimum absolute atomic E-state index is 0.258. The lowest BCUT2D eigenvalue weighted by atomic mass is 10.2. The first-order valence-corrected chi connectivity index (χ1v) is 6.60. The Morgan fingerprint density at radius 3 is 2.75 bits per heavy atom. The smallest absolute Gasteiger partial charge is 0.354 e. The Morgan fingerprint density at radius 2 is 2.05 bits per heavy atom. The highest BCUT2D eigenvalue weighted by molar-refractivity contribution is 5.96. The number of nitrogens with zero attached hydrogens (tertiary/aromatic N) is 1. The molecule has 0 aliphatic heterocycles. The molecular weight excluding hydrogens is 258 g/mol. The molecule has 0 saturated carbocycles. The van der Waals surface area contributed by atoms with Gasteiger partial charge in [0, 0.05) is 10.9 Å². The summed E-state index contributed by atoms with van der Waals surface area (Å²) >= 11 is 0. The second-order valence-electron chi connectivity index (χ2n) is 4.56. The summed E-state index contributed by atoms with van der Waals surface area (Å²) in [6.45, 7) is 2.10. The van der Waals surface area contributed by atoms with Crippen LogP contribution >= 0.6 is 0 Å². The van der Waals surface area contributed by atoms with Crippen LogP contribution in [0.5, 0.6) is 0 Å². The third-order valence-electron chi connectivity index (χ3n) is 3.04. The first-order valence-electron chi connectivity index (χ1n) is 6.60. The predicted octanol–water partition coefficient (Wildman–Crippen LogP) is 2.68. The van der Waals surface area contributed by atoms with Gasteiger partial charge in [-0.1, -0.05) is 31.5 Å². The molecule has 5 heteroatoms. The second kappa shape index (κ2) is 6.23. The van der Waals surface area contributed by atoms with Gasteiger partial charge in [0.1, 0.15) is 12.2 Å². The van der Waals surface area contributed by atoms with Gasteiger partial charge in [0.15, 0.2) is 0 Å². The van der Waals surface area contributed by atoms with E-state index in [1.807, 2.05) is 25.1 Å². The van der Waals surface area contributed by atoms with E-state index in [9.17, 15) is 9.59 Å². The van der Waals surface area contributed by atoms with E-state index in [1.165, 1.54) is 4.57 Å². The third kappa shape index (κ3) is 2.99. The van der Waals surface area contributed by atoms with Crippen molar-refractivity contribution in [2.24, 2.45) is 0 Å². The first-order chi connectivity index (χ1) is 9.63. The van der Waals surface area contributed by atoms with Crippen LogP contribution in [0, 0.1) is 0 Å². The molecule has 1 heterocycles. The fraction of sp³-hybridized carbons (Fsp3) is 0.333. The molecule has 2 aromatic rings. The first kappa shape index (κ1) is 14.1. The maximum Gasteiger partial charge on any atom is 0.354 e. The van der Waals surface area contributed by atoms with Gasteiger partial charge in [0.25, 0.3) is 0 Å². The molecule has 2 rings (SSSR count). The Kier molecular flexibility index (Phi) is 4.40. The Labute approximate surface area is 116 Å². The van der Waals surface area contributed by atoms with Crippen molar-refractivity contribution in [3.05, 3.63) is 36.0 Å². The average Bonchev–Trinajstić information content (AvgIpc) is 2.77. The molecule has 0 amide bonds. The van der Waals surface area contributed by atoms with Crippen LogP contribution in [0.15, 0.2) is 30.3 Å². The zero-order valence-corrected chi connectivity index (χ0v) is 11.3. The Bertz CT molecular complexity index is 630. The van der Waals surface area contributed by atoms with Crippen LogP contribution in [0.3, 0.4) is 0 Å². The minimum Gasteiger partial charge on any atom is -0.480 e. The van der Waals surface area contributed by atoms with Crippen molar-refractivity contribution < 1.29 is 19.4 Å². The fourth-order valence-corrected chi connectivity index (χ4v) is 2.07. The van der Waals surface area contributed by atoms with Crippen molar-refractivity contribution in [2.75, 3.05) is 6.61 Å². The number of hydrogen-bond donors (Lipinski definition) is 1. The van der Waals surface area contributed by atoms with Crippen LogP contribution in [0.2, 0.25) is 0 Å². The van der Waals surface area contributed by atoms with E-state index in [1.54, 1.807) is 12.1 Å². The number of fused-ring (bicyclic) bond motifs is 1. The molecule has 0 unspecified atom stereocenters. The number of rotatable bonds is 6. The summed E-state index contributed by atoms with van der Waals surface area (Å²) in [4.78, 5) is 23.0. The lowest BCUT2D eigenvalue weighted by Crippen LogP contribution is -2.16. The number of carbonyl (C=O) groups is 2.